The van der Waals surface area contributed by atoms with Crippen LogP contribution < -0.4 is 15.0 Å². The van der Waals surface area contributed by atoms with E-state index in [0.717, 1.165) is 68.0 Å². The van der Waals surface area contributed by atoms with Gasteiger partial charge in [0, 0.05) is 51.0 Å². The zero-order valence-corrected chi connectivity index (χ0v) is 18.1. The number of halogens is 2. The summed E-state index contributed by atoms with van der Waals surface area (Å²) >= 11 is 0. The van der Waals surface area contributed by atoms with E-state index < -0.39 is 11.6 Å². The Balaban J connectivity index is 1.33. The van der Waals surface area contributed by atoms with Gasteiger partial charge in [-0.2, -0.15) is 0 Å². The minimum Gasteiger partial charge on any atom is -0.487 e. The monoisotopic (exact) mass is 429 g/mol. The van der Waals surface area contributed by atoms with Crippen molar-refractivity contribution in [3.63, 3.8) is 0 Å². The molecular formula is C23H29F2N5O. The smallest absolute Gasteiger partial charge is 0.172 e. The van der Waals surface area contributed by atoms with Crippen molar-refractivity contribution in [1.82, 2.24) is 14.9 Å². The third kappa shape index (κ3) is 4.31. The van der Waals surface area contributed by atoms with Gasteiger partial charge in [-0.15, -0.1) is 0 Å². The Hall–Kier alpha value is -2.48. The Morgan fingerprint density at radius 3 is 2.55 bits per heavy atom. The number of nitrogens with one attached hydrogen (secondary N) is 1. The second-order valence-corrected chi connectivity index (χ2v) is 8.93. The molecule has 31 heavy (non-hydrogen) atoms. The molecule has 3 heterocycles. The summed E-state index contributed by atoms with van der Waals surface area (Å²) < 4.78 is 32.9. The van der Waals surface area contributed by atoms with Crippen LogP contribution in [0, 0.1) is 11.6 Å². The first-order chi connectivity index (χ1) is 15.0. The molecule has 1 N–H and O–H groups in total. The van der Waals surface area contributed by atoms with Gasteiger partial charge in [0.15, 0.2) is 23.2 Å². The number of hydrogen-bond acceptors (Lipinski definition) is 6. The summed E-state index contributed by atoms with van der Waals surface area (Å²) in [5.74, 6) is 0.667. The van der Waals surface area contributed by atoms with Crippen molar-refractivity contribution >= 4 is 11.6 Å². The lowest BCUT2D eigenvalue weighted by Crippen LogP contribution is -2.40. The maximum atomic E-state index is 14.0. The summed E-state index contributed by atoms with van der Waals surface area (Å²) in [6.07, 6.45) is 4.66. The minimum absolute atomic E-state index is 0.105. The van der Waals surface area contributed by atoms with Crippen LogP contribution in [0.2, 0.25) is 0 Å². The maximum Gasteiger partial charge on any atom is 0.172 e. The molecule has 1 saturated heterocycles. The number of aromatic nitrogens is 2. The van der Waals surface area contributed by atoms with Gasteiger partial charge in [-0.3, -0.25) is 4.90 Å². The van der Waals surface area contributed by atoms with Gasteiger partial charge in [-0.1, -0.05) is 0 Å². The molecule has 3 aliphatic rings. The van der Waals surface area contributed by atoms with Crippen LogP contribution >= 0.6 is 0 Å². The van der Waals surface area contributed by atoms with Gasteiger partial charge >= 0.3 is 0 Å². The molecule has 0 bridgehead atoms. The Morgan fingerprint density at radius 2 is 1.84 bits per heavy atom. The fourth-order valence-electron chi connectivity index (χ4n) is 4.35. The highest BCUT2D eigenvalue weighted by molar-refractivity contribution is 5.63. The molecule has 1 aromatic heterocycles. The molecule has 1 unspecified atom stereocenters. The molecule has 0 spiro atoms. The predicted molar refractivity (Wildman–Crippen MR) is 116 cm³/mol. The van der Waals surface area contributed by atoms with E-state index in [1.165, 1.54) is 25.0 Å². The van der Waals surface area contributed by atoms with Gasteiger partial charge in [-0.05, 0) is 38.9 Å². The largest absolute Gasteiger partial charge is 0.487 e. The minimum atomic E-state index is -0.656. The molecule has 0 amide bonds. The quantitative estimate of drug-likeness (QED) is 0.778. The Morgan fingerprint density at radius 1 is 1.06 bits per heavy atom. The van der Waals surface area contributed by atoms with E-state index >= 15 is 0 Å². The number of benzene rings is 1. The van der Waals surface area contributed by atoms with Gasteiger partial charge in [-0.25, -0.2) is 18.7 Å². The average molecular weight is 430 g/mol. The van der Waals surface area contributed by atoms with E-state index in [2.05, 4.69) is 29.1 Å². The molecule has 2 aliphatic heterocycles. The summed E-state index contributed by atoms with van der Waals surface area (Å²) in [6, 6.07) is 4.19. The van der Waals surface area contributed by atoms with Crippen molar-refractivity contribution in [2.75, 3.05) is 36.9 Å². The SMILES string of the molecule is CC1c2nc(N3CCC(Oc4ccc(F)cc4F)CC3)c(NC3CC3)nc2CCN1C. The topological polar surface area (TPSA) is 53.5 Å². The molecule has 0 radical (unpaired) electrons. The van der Waals surface area contributed by atoms with Crippen molar-refractivity contribution in [3.05, 3.63) is 41.2 Å². The third-order valence-corrected chi connectivity index (χ3v) is 6.59. The molecule has 8 heteroatoms. The molecule has 5 rings (SSSR count). The average Bonchev–Trinajstić information content (AvgIpc) is 3.57. The van der Waals surface area contributed by atoms with E-state index in [1.807, 2.05) is 0 Å². The normalized spacial score (nSPS) is 22.3. The molecule has 1 aromatic carbocycles. The molecule has 2 fully saturated rings. The van der Waals surface area contributed by atoms with Crippen molar-refractivity contribution in [1.29, 1.82) is 0 Å². The van der Waals surface area contributed by atoms with E-state index in [-0.39, 0.29) is 17.9 Å². The van der Waals surface area contributed by atoms with Gasteiger partial charge in [0.25, 0.3) is 0 Å². The number of anilines is 2. The lowest BCUT2D eigenvalue weighted by molar-refractivity contribution is 0.163. The van der Waals surface area contributed by atoms with Gasteiger partial charge in [0.2, 0.25) is 0 Å². The predicted octanol–water partition coefficient (Wildman–Crippen LogP) is 3.93. The highest BCUT2D eigenvalue weighted by atomic mass is 19.1. The van der Waals surface area contributed by atoms with Gasteiger partial charge in [0.1, 0.15) is 11.9 Å². The number of likely N-dealkylation sites (N-methyl/N-ethyl adjacent to an activating group) is 1. The third-order valence-electron chi connectivity index (χ3n) is 6.59. The number of rotatable bonds is 5. The van der Waals surface area contributed by atoms with Crippen molar-refractivity contribution < 1.29 is 13.5 Å². The van der Waals surface area contributed by atoms with Gasteiger partial charge in [0.05, 0.1) is 17.4 Å². The van der Waals surface area contributed by atoms with Crippen LogP contribution in [-0.4, -0.2) is 53.7 Å². The van der Waals surface area contributed by atoms with Crippen LogP contribution in [0.25, 0.3) is 0 Å². The number of hydrogen-bond donors (Lipinski definition) is 1. The van der Waals surface area contributed by atoms with Crippen LogP contribution in [0.5, 0.6) is 5.75 Å². The molecule has 6 nitrogen and oxygen atoms in total. The van der Waals surface area contributed by atoms with E-state index in [1.54, 1.807) is 0 Å². The molecule has 1 saturated carbocycles. The summed E-state index contributed by atoms with van der Waals surface area (Å²) in [5, 5.41) is 3.58. The summed E-state index contributed by atoms with van der Waals surface area (Å²) in [5.41, 5.74) is 2.17. The number of piperidine rings is 1. The zero-order valence-electron chi connectivity index (χ0n) is 18.1. The Labute approximate surface area is 181 Å². The van der Waals surface area contributed by atoms with E-state index in [4.69, 9.17) is 14.7 Å². The lowest BCUT2D eigenvalue weighted by atomic mass is 10.0. The maximum absolute atomic E-state index is 14.0. The Bertz CT molecular complexity index is 959. The van der Waals surface area contributed by atoms with Crippen LogP contribution in [0.4, 0.5) is 20.4 Å². The first-order valence-electron chi connectivity index (χ1n) is 11.2. The van der Waals surface area contributed by atoms with E-state index in [9.17, 15) is 8.78 Å². The summed E-state index contributed by atoms with van der Waals surface area (Å²) in [4.78, 5) is 14.7. The molecule has 1 aliphatic carbocycles. The fraction of sp³-hybridized carbons (Fsp3) is 0.565. The highest BCUT2D eigenvalue weighted by Gasteiger charge is 2.31. The van der Waals surface area contributed by atoms with E-state index in [0.29, 0.717) is 6.04 Å². The summed E-state index contributed by atoms with van der Waals surface area (Å²) in [7, 11) is 2.13. The Kier molecular flexibility index (Phi) is 5.42. The molecular weight excluding hydrogens is 400 g/mol. The number of fused-ring (bicyclic) bond motifs is 1. The van der Waals surface area contributed by atoms with Crippen LogP contribution in [0.15, 0.2) is 18.2 Å². The fourth-order valence-corrected chi connectivity index (χ4v) is 4.35. The second kappa shape index (κ2) is 8.22. The van der Waals surface area contributed by atoms with Crippen molar-refractivity contribution in [2.45, 2.75) is 57.2 Å². The van der Waals surface area contributed by atoms with Gasteiger partial charge < -0.3 is 15.0 Å². The first-order valence-corrected chi connectivity index (χ1v) is 11.2. The number of nitrogens with zero attached hydrogens (tertiary/aromatic N) is 4. The van der Waals surface area contributed by atoms with Crippen LogP contribution in [0.3, 0.4) is 0 Å². The lowest BCUT2D eigenvalue weighted by Gasteiger charge is -2.36. The second-order valence-electron chi connectivity index (χ2n) is 8.93. The highest BCUT2D eigenvalue weighted by Crippen LogP contribution is 2.35. The van der Waals surface area contributed by atoms with Crippen molar-refractivity contribution in [2.24, 2.45) is 0 Å². The standard InChI is InChI=1S/C23H29F2N5O/c1-14-21-19(9-10-29(14)2)27-22(26-16-4-5-16)23(28-21)30-11-7-17(8-12-30)31-20-6-3-15(24)13-18(20)25/h3,6,13-14,16-17H,4-5,7-12H2,1-2H3,(H,26,27). The first kappa shape index (κ1) is 20.4. The van der Waals surface area contributed by atoms with Crippen molar-refractivity contribution in [3.8, 4) is 5.75 Å². The van der Waals surface area contributed by atoms with Crippen LogP contribution in [-0.2, 0) is 6.42 Å². The molecule has 166 valence electrons. The zero-order chi connectivity index (χ0) is 21.5. The van der Waals surface area contributed by atoms with Crippen LogP contribution in [0.1, 0.15) is 50.0 Å². The number of ether oxygens (including phenoxy) is 1. The molecule has 2 aromatic rings. The summed E-state index contributed by atoms with van der Waals surface area (Å²) in [6.45, 7) is 4.69. The molecule has 1 atom stereocenters.